The fourth-order valence-electron chi connectivity index (χ4n) is 1.49. The summed E-state index contributed by atoms with van der Waals surface area (Å²) in [7, 11) is 0. The first-order chi connectivity index (χ1) is 7.76. The predicted octanol–water partition coefficient (Wildman–Crippen LogP) is 4.28. The minimum absolute atomic E-state index is 0.278. The average molecular weight is 280 g/mol. The minimum atomic E-state index is -2.66. The van der Waals surface area contributed by atoms with Gasteiger partial charge in [0.05, 0.1) is 0 Å². The molecule has 1 atom stereocenters. The summed E-state index contributed by atoms with van der Waals surface area (Å²) >= 11 is 7.50. The van der Waals surface area contributed by atoms with Crippen molar-refractivity contribution in [3.05, 3.63) is 28.8 Å². The molecule has 1 unspecified atom stereocenters. The lowest BCUT2D eigenvalue weighted by Gasteiger charge is -2.28. The van der Waals surface area contributed by atoms with Gasteiger partial charge < -0.3 is 5.73 Å². The van der Waals surface area contributed by atoms with Crippen molar-refractivity contribution in [1.29, 1.82) is 0 Å². The number of hydrogen-bond donors (Lipinski definition) is 1. The average Bonchev–Trinajstić information content (AvgIpc) is 2.15. The molecule has 0 amide bonds. The van der Waals surface area contributed by atoms with Gasteiger partial charge in [0.15, 0.2) is 0 Å². The number of halogens is 3. The van der Waals surface area contributed by atoms with Gasteiger partial charge in [-0.2, -0.15) is 0 Å². The van der Waals surface area contributed by atoms with Crippen LogP contribution in [0.2, 0.25) is 5.02 Å². The minimum Gasteiger partial charge on any atom is -0.317 e. The summed E-state index contributed by atoms with van der Waals surface area (Å²) in [5, 5.41) is 0.571. The van der Waals surface area contributed by atoms with Crippen LogP contribution >= 0.6 is 23.4 Å². The third-order valence-corrected chi connectivity index (χ3v) is 3.71. The normalized spacial score (nSPS) is 15.4. The van der Waals surface area contributed by atoms with Gasteiger partial charge in [0.25, 0.3) is 6.43 Å². The molecule has 0 fully saturated rings. The van der Waals surface area contributed by atoms with Crippen molar-refractivity contribution >= 4 is 23.4 Å². The summed E-state index contributed by atoms with van der Waals surface area (Å²) < 4.78 is 26.0. The lowest BCUT2D eigenvalue weighted by atomic mass is 9.93. The predicted molar refractivity (Wildman–Crippen MR) is 70.0 cm³/mol. The Labute approximate surface area is 110 Å². The fraction of sp³-hybridized carbons (Fsp3) is 0.500. The molecule has 1 rings (SSSR count). The van der Waals surface area contributed by atoms with E-state index in [-0.39, 0.29) is 5.25 Å². The summed E-state index contributed by atoms with van der Waals surface area (Å²) in [5.41, 5.74) is 4.31. The molecule has 1 nitrogen and oxygen atoms in total. The Morgan fingerprint density at radius 3 is 2.41 bits per heavy atom. The number of benzene rings is 1. The summed E-state index contributed by atoms with van der Waals surface area (Å²) in [6.07, 6.45) is -2.66. The van der Waals surface area contributed by atoms with Crippen molar-refractivity contribution in [3.8, 4) is 0 Å². The van der Waals surface area contributed by atoms with Crippen LogP contribution in [0, 0.1) is 0 Å². The molecular formula is C12H16ClF2NS. The molecule has 0 saturated carbocycles. The van der Waals surface area contributed by atoms with Gasteiger partial charge in [0.1, 0.15) is 5.54 Å². The molecule has 0 aromatic heterocycles. The first kappa shape index (κ1) is 14.7. The monoisotopic (exact) mass is 279 g/mol. The Kier molecular flexibility index (Phi) is 4.81. The second kappa shape index (κ2) is 5.55. The van der Waals surface area contributed by atoms with Crippen LogP contribution in [-0.4, -0.2) is 11.7 Å². The van der Waals surface area contributed by atoms with E-state index in [2.05, 4.69) is 0 Å². The maximum atomic E-state index is 13.0. The Hall–Kier alpha value is -0.320. The first-order valence-electron chi connectivity index (χ1n) is 5.29. The first-order valence-corrected chi connectivity index (χ1v) is 6.55. The third kappa shape index (κ3) is 3.33. The zero-order valence-corrected chi connectivity index (χ0v) is 11.6. The van der Waals surface area contributed by atoms with E-state index in [1.807, 2.05) is 13.8 Å². The highest BCUT2D eigenvalue weighted by molar-refractivity contribution is 8.00. The van der Waals surface area contributed by atoms with Crippen LogP contribution in [-0.2, 0) is 5.54 Å². The smallest absolute Gasteiger partial charge is 0.260 e. The Morgan fingerprint density at radius 1 is 1.35 bits per heavy atom. The van der Waals surface area contributed by atoms with Gasteiger partial charge in [-0.1, -0.05) is 31.5 Å². The molecule has 0 radical (unpaired) electrons. The molecule has 0 bridgehead atoms. The van der Waals surface area contributed by atoms with Crippen molar-refractivity contribution in [2.24, 2.45) is 5.73 Å². The van der Waals surface area contributed by atoms with E-state index in [4.69, 9.17) is 17.3 Å². The van der Waals surface area contributed by atoms with E-state index in [9.17, 15) is 8.78 Å². The molecule has 96 valence electrons. The quantitative estimate of drug-likeness (QED) is 0.833. The standard InChI is InChI=1S/C12H16ClF2NS/c1-7(2)17-9-6-4-5-8(13)10(9)12(3,16)11(14)15/h4-7,11H,16H2,1-3H3. The molecule has 0 spiro atoms. The molecule has 0 aliphatic carbocycles. The van der Waals surface area contributed by atoms with Crippen LogP contribution in [0.1, 0.15) is 26.3 Å². The summed E-state index contributed by atoms with van der Waals surface area (Å²) in [6.45, 7) is 5.29. The summed E-state index contributed by atoms with van der Waals surface area (Å²) in [6, 6.07) is 5.12. The number of hydrogen-bond acceptors (Lipinski definition) is 2. The second-order valence-corrected chi connectivity index (χ2v) is 6.39. The molecule has 0 heterocycles. The van der Waals surface area contributed by atoms with Crippen molar-refractivity contribution in [1.82, 2.24) is 0 Å². The second-order valence-electron chi connectivity index (χ2n) is 4.36. The Balaban J connectivity index is 3.29. The molecule has 1 aromatic carbocycles. The Morgan fingerprint density at radius 2 is 1.94 bits per heavy atom. The van der Waals surface area contributed by atoms with Crippen LogP contribution in [0.5, 0.6) is 0 Å². The lowest BCUT2D eigenvalue weighted by molar-refractivity contribution is 0.0612. The van der Waals surface area contributed by atoms with E-state index in [1.54, 1.807) is 18.2 Å². The van der Waals surface area contributed by atoms with Crippen LogP contribution in [0.25, 0.3) is 0 Å². The SMILES string of the molecule is CC(C)Sc1cccc(Cl)c1C(C)(N)C(F)F. The third-order valence-electron chi connectivity index (χ3n) is 2.33. The maximum Gasteiger partial charge on any atom is 0.260 e. The van der Waals surface area contributed by atoms with Gasteiger partial charge in [0.2, 0.25) is 0 Å². The van der Waals surface area contributed by atoms with Gasteiger partial charge in [-0.25, -0.2) is 8.78 Å². The van der Waals surface area contributed by atoms with Crippen LogP contribution in [0.4, 0.5) is 8.78 Å². The highest BCUT2D eigenvalue weighted by atomic mass is 35.5. The molecule has 17 heavy (non-hydrogen) atoms. The van der Waals surface area contributed by atoms with Crippen molar-refractivity contribution in [3.63, 3.8) is 0 Å². The number of alkyl halides is 2. The molecule has 2 N–H and O–H groups in total. The fourth-order valence-corrected chi connectivity index (χ4v) is 3.04. The van der Waals surface area contributed by atoms with Crippen molar-refractivity contribution in [2.45, 2.75) is 42.9 Å². The van der Waals surface area contributed by atoms with Gasteiger partial charge in [-0.05, 0) is 19.1 Å². The zero-order valence-electron chi connectivity index (χ0n) is 10.0. The van der Waals surface area contributed by atoms with Crippen molar-refractivity contribution < 1.29 is 8.78 Å². The molecular weight excluding hydrogens is 264 g/mol. The van der Waals surface area contributed by atoms with Crippen LogP contribution in [0.3, 0.4) is 0 Å². The van der Waals surface area contributed by atoms with E-state index in [1.165, 1.54) is 18.7 Å². The Bertz CT molecular complexity index is 394. The number of rotatable bonds is 4. The number of nitrogens with two attached hydrogens (primary N) is 1. The largest absolute Gasteiger partial charge is 0.317 e. The van der Waals surface area contributed by atoms with Crippen molar-refractivity contribution in [2.75, 3.05) is 0 Å². The van der Waals surface area contributed by atoms with E-state index < -0.39 is 12.0 Å². The molecule has 1 aromatic rings. The molecule has 0 saturated heterocycles. The van der Waals surface area contributed by atoms with Crippen LogP contribution in [0.15, 0.2) is 23.1 Å². The van der Waals surface area contributed by atoms with E-state index >= 15 is 0 Å². The number of thioether (sulfide) groups is 1. The summed E-state index contributed by atoms with van der Waals surface area (Å²) in [5.74, 6) is 0. The zero-order chi connectivity index (χ0) is 13.2. The van der Waals surface area contributed by atoms with Gasteiger partial charge in [-0.15, -0.1) is 11.8 Å². The van der Waals surface area contributed by atoms with E-state index in [0.29, 0.717) is 10.6 Å². The highest BCUT2D eigenvalue weighted by Gasteiger charge is 2.36. The van der Waals surface area contributed by atoms with Gasteiger partial charge >= 0.3 is 0 Å². The maximum absolute atomic E-state index is 13.0. The van der Waals surface area contributed by atoms with Gasteiger partial charge in [0, 0.05) is 20.7 Å². The topological polar surface area (TPSA) is 26.0 Å². The highest BCUT2D eigenvalue weighted by Crippen LogP contribution is 2.39. The van der Waals surface area contributed by atoms with Crippen LogP contribution < -0.4 is 5.73 Å². The molecule has 5 heteroatoms. The van der Waals surface area contributed by atoms with Gasteiger partial charge in [-0.3, -0.25) is 0 Å². The lowest BCUT2D eigenvalue weighted by Crippen LogP contribution is -2.41. The van der Waals surface area contributed by atoms with E-state index in [0.717, 1.165) is 4.90 Å². The molecule has 0 aliphatic rings. The summed E-state index contributed by atoms with van der Waals surface area (Å²) in [4.78, 5) is 0.720. The molecule has 0 aliphatic heterocycles.